The van der Waals surface area contributed by atoms with Crippen molar-refractivity contribution in [2.75, 3.05) is 26.4 Å². The summed E-state index contributed by atoms with van der Waals surface area (Å²) in [5, 5.41) is 36.7. The molecule has 2 heterocycles. The second-order valence-electron chi connectivity index (χ2n) is 5.10. The SMILES string of the molecule is OCC(O)CC(OC(CC(O)CO)C1CO1)C1CO1. The predicted molar refractivity (Wildman–Crippen MR) is 63.6 cm³/mol. The third-order valence-electron chi connectivity index (χ3n) is 3.33. The van der Waals surface area contributed by atoms with Crippen LogP contribution in [0, 0.1) is 0 Å². The Morgan fingerprint density at radius 3 is 1.53 bits per heavy atom. The number of aliphatic hydroxyl groups is 4. The first-order valence-electron chi connectivity index (χ1n) is 6.60. The molecule has 0 aliphatic carbocycles. The van der Waals surface area contributed by atoms with Crippen LogP contribution < -0.4 is 0 Å². The predicted octanol–water partition coefficient (Wildman–Crippen LogP) is -1.98. The van der Waals surface area contributed by atoms with Crippen LogP contribution in [-0.4, -0.2) is 83.5 Å². The highest BCUT2D eigenvalue weighted by molar-refractivity contribution is 4.88. The number of ether oxygens (including phenoxy) is 3. The molecule has 0 aromatic carbocycles. The van der Waals surface area contributed by atoms with Gasteiger partial charge in [0.1, 0.15) is 12.2 Å². The topological polar surface area (TPSA) is 115 Å². The van der Waals surface area contributed by atoms with E-state index in [0.29, 0.717) is 13.2 Å². The van der Waals surface area contributed by atoms with Crippen LogP contribution in [0.15, 0.2) is 0 Å². The van der Waals surface area contributed by atoms with Crippen LogP contribution in [0.4, 0.5) is 0 Å². The summed E-state index contributed by atoms with van der Waals surface area (Å²) in [7, 11) is 0. The molecule has 7 heteroatoms. The van der Waals surface area contributed by atoms with Gasteiger partial charge in [-0.25, -0.2) is 0 Å². The molecule has 0 radical (unpaired) electrons. The molecule has 2 fully saturated rings. The van der Waals surface area contributed by atoms with E-state index in [1.165, 1.54) is 0 Å². The lowest BCUT2D eigenvalue weighted by molar-refractivity contribution is -0.0816. The molecule has 0 aromatic heterocycles. The Bertz CT molecular complexity index is 241. The average molecular weight is 278 g/mol. The first-order valence-corrected chi connectivity index (χ1v) is 6.60. The lowest BCUT2D eigenvalue weighted by atomic mass is 10.1. The first-order chi connectivity index (χ1) is 9.13. The molecule has 6 atom stereocenters. The summed E-state index contributed by atoms with van der Waals surface area (Å²) in [6, 6.07) is 0. The first kappa shape index (κ1) is 15.1. The monoisotopic (exact) mass is 278 g/mol. The van der Waals surface area contributed by atoms with Crippen molar-refractivity contribution in [2.45, 2.75) is 49.5 Å². The van der Waals surface area contributed by atoms with E-state index in [2.05, 4.69) is 0 Å². The largest absolute Gasteiger partial charge is 0.394 e. The van der Waals surface area contributed by atoms with Crippen molar-refractivity contribution >= 4 is 0 Å². The second kappa shape index (κ2) is 6.94. The van der Waals surface area contributed by atoms with Crippen molar-refractivity contribution in [3.63, 3.8) is 0 Å². The molecule has 0 saturated carbocycles. The third kappa shape index (κ3) is 4.96. The maximum atomic E-state index is 9.49. The zero-order valence-corrected chi connectivity index (χ0v) is 10.7. The lowest BCUT2D eigenvalue weighted by Crippen LogP contribution is -2.36. The molecule has 4 N–H and O–H groups in total. The minimum atomic E-state index is -0.849. The molecular formula is C12H22O7. The van der Waals surface area contributed by atoms with Crippen LogP contribution in [0.2, 0.25) is 0 Å². The normalized spacial score (nSPS) is 31.6. The Balaban J connectivity index is 1.85. The third-order valence-corrected chi connectivity index (χ3v) is 3.33. The molecule has 2 saturated heterocycles. The van der Waals surface area contributed by atoms with E-state index in [4.69, 9.17) is 24.4 Å². The fourth-order valence-corrected chi connectivity index (χ4v) is 2.04. The molecule has 112 valence electrons. The summed E-state index contributed by atoms with van der Waals surface area (Å²) >= 11 is 0. The van der Waals surface area contributed by atoms with Gasteiger partial charge >= 0.3 is 0 Å². The van der Waals surface area contributed by atoms with Crippen LogP contribution in [0.1, 0.15) is 12.8 Å². The van der Waals surface area contributed by atoms with Crippen LogP contribution in [0.25, 0.3) is 0 Å². The maximum Gasteiger partial charge on any atom is 0.107 e. The van der Waals surface area contributed by atoms with Crippen molar-refractivity contribution in [2.24, 2.45) is 0 Å². The zero-order chi connectivity index (χ0) is 13.8. The van der Waals surface area contributed by atoms with Crippen molar-refractivity contribution in [3.05, 3.63) is 0 Å². The lowest BCUT2D eigenvalue weighted by Gasteiger charge is -2.25. The summed E-state index contributed by atoms with van der Waals surface area (Å²) in [4.78, 5) is 0. The van der Waals surface area contributed by atoms with Gasteiger partial charge in [-0.15, -0.1) is 0 Å². The van der Waals surface area contributed by atoms with Gasteiger partial charge in [0, 0.05) is 12.8 Å². The highest BCUT2D eigenvalue weighted by Gasteiger charge is 2.41. The summed E-state index contributed by atoms with van der Waals surface area (Å²) < 4.78 is 16.2. The minimum Gasteiger partial charge on any atom is -0.394 e. The van der Waals surface area contributed by atoms with Crippen LogP contribution in [0.3, 0.4) is 0 Å². The Labute approximate surface area is 111 Å². The molecule has 2 aliphatic rings. The molecule has 0 aromatic rings. The van der Waals surface area contributed by atoms with Gasteiger partial charge in [-0.1, -0.05) is 0 Å². The van der Waals surface area contributed by atoms with Gasteiger partial charge in [0.05, 0.1) is 50.8 Å². The van der Waals surface area contributed by atoms with Gasteiger partial charge in [-0.2, -0.15) is 0 Å². The van der Waals surface area contributed by atoms with E-state index in [1.54, 1.807) is 0 Å². The molecular weight excluding hydrogens is 256 g/mol. The molecule has 0 spiro atoms. The fourth-order valence-electron chi connectivity index (χ4n) is 2.04. The van der Waals surface area contributed by atoms with Crippen LogP contribution in [0.5, 0.6) is 0 Å². The molecule has 2 rings (SSSR count). The van der Waals surface area contributed by atoms with Crippen molar-refractivity contribution in [1.82, 2.24) is 0 Å². The van der Waals surface area contributed by atoms with Crippen molar-refractivity contribution in [1.29, 1.82) is 0 Å². The van der Waals surface area contributed by atoms with Crippen LogP contribution in [-0.2, 0) is 14.2 Å². The number of hydrogen-bond acceptors (Lipinski definition) is 7. The highest BCUT2D eigenvalue weighted by Crippen LogP contribution is 2.28. The van der Waals surface area contributed by atoms with Gasteiger partial charge in [-0.05, 0) is 0 Å². The molecule has 0 bridgehead atoms. The van der Waals surface area contributed by atoms with E-state index in [0.717, 1.165) is 0 Å². The Morgan fingerprint density at radius 1 is 0.895 bits per heavy atom. The summed E-state index contributed by atoms with van der Waals surface area (Å²) in [5.41, 5.74) is 0. The zero-order valence-electron chi connectivity index (χ0n) is 10.7. The number of aliphatic hydroxyl groups excluding tert-OH is 4. The smallest absolute Gasteiger partial charge is 0.107 e. The summed E-state index contributed by atoms with van der Waals surface area (Å²) in [5.74, 6) is 0. The summed E-state index contributed by atoms with van der Waals surface area (Å²) in [6.45, 7) is 0.500. The number of hydrogen-bond donors (Lipinski definition) is 4. The van der Waals surface area contributed by atoms with E-state index < -0.39 is 12.2 Å². The Hall–Kier alpha value is -0.280. The number of epoxide rings is 2. The second-order valence-corrected chi connectivity index (χ2v) is 5.10. The van der Waals surface area contributed by atoms with Gasteiger partial charge in [0.25, 0.3) is 0 Å². The average Bonchev–Trinajstić information content (AvgIpc) is 3.28. The highest BCUT2D eigenvalue weighted by atomic mass is 16.6. The van der Waals surface area contributed by atoms with E-state index >= 15 is 0 Å². The number of rotatable bonds is 10. The standard InChI is InChI=1S/C12H22O7/c13-3-7(15)1-9(11-5-17-11)19-10(12-6-18-12)2-8(16)4-14/h7-16H,1-6H2. The molecule has 6 unspecified atom stereocenters. The molecule has 0 amide bonds. The molecule has 7 nitrogen and oxygen atoms in total. The summed E-state index contributed by atoms with van der Waals surface area (Å²) in [6.07, 6.45) is -1.96. The Kier molecular flexibility index (Phi) is 5.52. The van der Waals surface area contributed by atoms with Crippen molar-refractivity contribution < 1.29 is 34.6 Å². The fraction of sp³-hybridized carbons (Fsp3) is 1.00. The van der Waals surface area contributed by atoms with E-state index in [1.807, 2.05) is 0 Å². The van der Waals surface area contributed by atoms with Gasteiger partial charge < -0.3 is 34.6 Å². The van der Waals surface area contributed by atoms with Crippen LogP contribution >= 0.6 is 0 Å². The Morgan fingerprint density at radius 2 is 1.26 bits per heavy atom. The quantitative estimate of drug-likeness (QED) is 0.342. The minimum absolute atomic E-state index is 0.0753. The van der Waals surface area contributed by atoms with E-state index in [9.17, 15) is 10.2 Å². The van der Waals surface area contributed by atoms with Gasteiger partial charge in [-0.3, -0.25) is 0 Å². The van der Waals surface area contributed by atoms with E-state index in [-0.39, 0.29) is 50.5 Å². The van der Waals surface area contributed by atoms with Gasteiger partial charge in [0.2, 0.25) is 0 Å². The maximum absolute atomic E-state index is 9.49. The van der Waals surface area contributed by atoms with Gasteiger partial charge in [0.15, 0.2) is 0 Å². The molecule has 19 heavy (non-hydrogen) atoms. The van der Waals surface area contributed by atoms with Crippen molar-refractivity contribution in [3.8, 4) is 0 Å². The molecule has 2 aliphatic heterocycles.